The summed E-state index contributed by atoms with van der Waals surface area (Å²) < 4.78 is 40.2. The molecule has 2 aromatic carbocycles. The highest BCUT2D eigenvalue weighted by atomic mass is 35.5. The summed E-state index contributed by atoms with van der Waals surface area (Å²) in [5.41, 5.74) is 0.146. The number of benzene rings is 2. The Morgan fingerprint density at radius 1 is 1.06 bits per heavy atom. The Balaban J connectivity index is 2.50. The molecule has 0 saturated carbocycles. The van der Waals surface area contributed by atoms with Gasteiger partial charge in [0, 0.05) is 28.7 Å². The van der Waals surface area contributed by atoms with E-state index in [4.69, 9.17) is 23.2 Å². The van der Waals surface area contributed by atoms with E-state index in [0.717, 1.165) is 12.3 Å². The number of carbonyl (C=O) groups is 2. The van der Waals surface area contributed by atoms with Crippen LogP contribution in [0, 0.1) is 11.7 Å². The number of halogens is 3. The second-order valence-corrected chi connectivity index (χ2v) is 11.2. The van der Waals surface area contributed by atoms with Gasteiger partial charge >= 0.3 is 0 Å². The molecule has 1 N–H and O–H groups in total. The predicted molar refractivity (Wildman–Crippen MR) is 138 cm³/mol. The molecule has 2 rings (SSSR count). The molecule has 0 heterocycles. The third kappa shape index (κ3) is 7.81. The number of hydrogen-bond donors (Lipinski definition) is 1. The van der Waals surface area contributed by atoms with Crippen molar-refractivity contribution in [1.29, 1.82) is 0 Å². The summed E-state index contributed by atoms with van der Waals surface area (Å²) in [6, 6.07) is 9.18. The Kier molecular flexibility index (Phi) is 10.4. The van der Waals surface area contributed by atoms with Gasteiger partial charge < -0.3 is 10.2 Å². The van der Waals surface area contributed by atoms with E-state index in [1.54, 1.807) is 25.1 Å². The van der Waals surface area contributed by atoms with Crippen molar-refractivity contribution in [3.63, 3.8) is 0 Å². The van der Waals surface area contributed by atoms with Gasteiger partial charge in [-0.1, -0.05) is 62.2 Å². The first-order valence-electron chi connectivity index (χ1n) is 11.1. The van der Waals surface area contributed by atoms with Crippen molar-refractivity contribution < 1.29 is 22.4 Å². The molecular formula is C24H30Cl2FN3O4S. The lowest BCUT2D eigenvalue weighted by Gasteiger charge is -2.33. The van der Waals surface area contributed by atoms with E-state index < -0.39 is 40.2 Å². The molecule has 0 aliphatic rings. The van der Waals surface area contributed by atoms with Gasteiger partial charge in [-0.05, 0) is 36.6 Å². The molecule has 11 heteroatoms. The van der Waals surface area contributed by atoms with Crippen molar-refractivity contribution in [2.24, 2.45) is 5.92 Å². The summed E-state index contributed by atoms with van der Waals surface area (Å²) in [5.74, 6) is -1.72. The first-order chi connectivity index (χ1) is 16.4. The zero-order valence-electron chi connectivity index (χ0n) is 20.1. The van der Waals surface area contributed by atoms with Gasteiger partial charge in [0.05, 0.1) is 11.9 Å². The molecule has 0 aromatic heterocycles. The zero-order valence-corrected chi connectivity index (χ0v) is 22.4. The fraction of sp³-hybridized carbons (Fsp3) is 0.417. The number of sulfonamides is 1. The van der Waals surface area contributed by atoms with E-state index in [1.807, 2.05) is 13.8 Å². The van der Waals surface area contributed by atoms with Crippen LogP contribution in [-0.4, -0.2) is 50.5 Å². The number of para-hydroxylation sites is 1. The van der Waals surface area contributed by atoms with Crippen LogP contribution in [0.2, 0.25) is 10.0 Å². The van der Waals surface area contributed by atoms with Gasteiger partial charge in [-0.2, -0.15) is 0 Å². The minimum Gasteiger partial charge on any atom is -0.354 e. The topological polar surface area (TPSA) is 86.8 Å². The minimum absolute atomic E-state index is 0.139. The lowest BCUT2D eigenvalue weighted by molar-refractivity contribution is -0.140. The Morgan fingerprint density at radius 3 is 2.17 bits per heavy atom. The lowest BCUT2D eigenvalue weighted by Crippen LogP contribution is -2.52. The van der Waals surface area contributed by atoms with Gasteiger partial charge in [0.2, 0.25) is 21.8 Å². The molecule has 0 fully saturated rings. The maximum absolute atomic E-state index is 14.5. The number of hydrogen-bond acceptors (Lipinski definition) is 4. The van der Waals surface area contributed by atoms with Gasteiger partial charge in [0.15, 0.2) is 0 Å². The minimum atomic E-state index is -4.04. The number of nitrogens with one attached hydrogen (secondary N) is 1. The van der Waals surface area contributed by atoms with Crippen molar-refractivity contribution in [3.05, 3.63) is 63.9 Å². The molecule has 0 saturated heterocycles. The molecule has 1 unspecified atom stereocenters. The van der Waals surface area contributed by atoms with E-state index in [9.17, 15) is 22.4 Å². The Morgan fingerprint density at radius 2 is 1.66 bits per heavy atom. The van der Waals surface area contributed by atoms with Crippen LogP contribution in [0.5, 0.6) is 0 Å². The molecule has 1 atom stereocenters. The van der Waals surface area contributed by atoms with Crippen molar-refractivity contribution in [1.82, 2.24) is 10.2 Å². The summed E-state index contributed by atoms with van der Waals surface area (Å²) in [6.45, 7) is 5.15. The quantitative estimate of drug-likeness (QED) is 0.451. The Hall–Kier alpha value is -2.36. The summed E-state index contributed by atoms with van der Waals surface area (Å²) >= 11 is 12.6. The van der Waals surface area contributed by atoms with Crippen molar-refractivity contribution in [2.45, 2.75) is 39.8 Å². The van der Waals surface area contributed by atoms with Crippen LogP contribution in [0.25, 0.3) is 0 Å². The van der Waals surface area contributed by atoms with Gasteiger partial charge in [-0.25, -0.2) is 12.8 Å². The largest absolute Gasteiger partial charge is 0.354 e. The molecule has 2 aromatic rings. The van der Waals surface area contributed by atoms with Crippen LogP contribution in [0.15, 0.2) is 42.5 Å². The lowest BCUT2D eigenvalue weighted by atomic mass is 10.1. The molecule has 7 nitrogen and oxygen atoms in total. The molecule has 0 radical (unpaired) electrons. The average molecular weight is 546 g/mol. The summed E-state index contributed by atoms with van der Waals surface area (Å²) in [6.07, 6.45) is 1.13. The van der Waals surface area contributed by atoms with Gasteiger partial charge in [0.25, 0.3) is 0 Å². The number of amides is 2. The Labute approximate surface area is 216 Å². The predicted octanol–water partition coefficient (Wildman–Crippen LogP) is 4.48. The highest BCUT2D eigenvalue weighted by molar-refractivity contribution is 7.92. The van der Waals surface area contributed by atoms with E-state index in [2.05, 4.69) is 5.32 Å². The van der Waals surface area contributed by atoms with Crippen LogP contribution in [0.3, 0.4) is 0 Å². The molecule has 192 valence electrons. The second-order valence-electron chi connectivity index (χ2n) is 8.51. The summed E-state index contributed by atoms with van der Waals surface area (Å²) in [4.78, 5) is 27.9. The summed E-state index contributed by atoms with van der Waals surface area (Å²) in [5, 5.41) is 3.40. The first-order valence-corrected chi connectivity index (χ1v) is 13.7. The fourth-order valence-electron chi connectivity index (χ4n) is 3.44. The standard InChI is InChI=1S/C24H30Cl2FN3O4S/c1-5-21(24(32)28-13-16(2)3)29(14-17-18(25)9-8-10-19(17)26)23(31)15-30(35(4,33)34)22-12-7-6-11-20(22)27/h6-12,16,21H,5,13-15H2,1-4H3,(H,28,32). The van der Waals surface area contributed by atoms with E-state index in [0.29, 0.717) is 26.5 Å². The molecule has 0 aliphatic heterocycles. The summed E-state index contributed by atoms with van der Waals surface area (Å²) in [7, 11) is -4.04. The van der Waals surface area contributed by atoms with Crippen LogP contribution in [0.1, 0.15) is 32.8 Å². The van der Waals surface area contributed by atoms with Crippen LogP contribution in [0.4, 0.5) is 10.1 Å². The third-order valence-electron chi connectivity index (χ3n) is 5.26. The average Bonchev–Trinajstić information content (AvgIpc) is 2.77. The van der Waals surface area contributed by atoms with Crippen LogP contribution >= 0.6 is 23.2 Å². The first kappa shape index (κ1) is 28.9. The van der Waals surface area contributed by atoms with Crippen molar-refractivity contribution in [2.75, 3.05) is 23.7 Å². The number of carbonyl (C=O) groups excluding carboxylic acids is 2. The molecule has 2 amide bonds. The molecule has 0 aliphatic carbocycles. The number of nitrogens with zero attached hydrogens (tertiary/aromatic N) is 2. The van der Waals surface area contributed by atoms with E-state index in [1.165, 1.54) is 23.1 Å². The zero-order chi connectivity index (χ0) is 26.3. The smallest absolute Gasteiger partial charge is 0.244 e. The van der Waals surface area contributed by atoms with Crippen molar-refractivity contribution in [3.8, 4) is 0 Å². The second kappa shape index (κ2) is 12.6. The normalized spacial score (nSPS) is 12.3. The number of rotatable bonds is 11. The van der Waals surface area contributed by atoms with Crippen LogP contribution < -0.4 is 9.62 Å². The maximum Gasteiger partial charge on any atom is 0.244 e. The molecular weight excluding hydrogens is 516 g/mol. The highest BCUT2D eigenvalue weighted by Crippen LogP contribution is 2.28. The van der Waals surface area contributed by atoms with Gasteiger partial charge in [-0.15, -0.1) is 0 Å². The monoisotopic (exact) mass is 545 g/mol. The third-order valence-corrected chi connectivity index (χ3v) is 7.10. The van der Waals surface area contributed by atoms with Crippen LogP contribution in [-0.2, 0) is 26.2 Å². The fourth-order valence-corrected chi connectivity index (χ4v) is 4.81. The van der Waals surface area contributed by atoms with E-state index in [-0.39, 0.29) is 24.6 Å². The molecule has 35 heavy (non-hydrogen) atoms. The van der Waals surface area contributed by atoms with Crippen molar-refractivity contribution >= 4 is 50.7 Å². The highest BCUT2D eigenvalue weighted by Gasteiger charge is 2.33. The maximum atomic E-state index is 14.5. The van der Waals surface area contributed by atoms with Gasteiger partial charge in [-0.3, -0.25) is 13.9 Å². The number of anilines is 1. The molecule has 0 bridgehead atoms. The molecule has 0 spiro atoms. The SMILES string of the molecule is CCC(C(=O)NCC(C)C)N(Cc1c(Cl)cccc1Cl)C(=O)CN(c1ccccc1F)S(C)(=O)=O. The van der Waals surface area contributed by atoms with E-state index >= 15 is 0 Å². The Bertz CT molecular complexity index is 1140. The van der Waals surface area contributed by atoms with Gasteiger partial charge in [0.1, 0.15) is 18.4 Å².